The van der Waals surface area contributed by atoms with Crippen molar-refractivity contribution in [2.45, 2.75) is 39.0 Å². The van der Waals surface area contributed by atoms with Crippen LogP contribution in [0.25, 0.3) is 17.0 Å². The summed E-state index contributed by atoms with van der Waals surface area (Å²) in [4.78, 5) is 21.6. The molecule has 0 radical (unpaired) electrons. The molecule has 1 saturated heterocycles. The van der Waals surface area contributed by atoms with Crippen LogP contribution in [0, 0.1) is 5.92 Å². The summed E-state index contributed by atoms with van der Waals surface area (Å²) < 4.78 is 5.44. The molecule has 0 bridgehead atoms. The fraction of sp³-hybridized carbons (Fsp3) is 0.393. The monoisotopic (exact) mass is 456 g/mol. The van der Waals surface area contributed by atoms with Crippen molar-refractivity contribution >= 4 is 17.2 Å². The Bertz CT molecular complexity index is 1130. The van der Waals surface area contributed by atoms with Gasteiger partial charge in [-0.3, -0.25) is 4.79 Å². The maximum Gasteiger partial charge on any atom is 0.227 e. The van der Waals surface area contributed by atoms with E-state index in [1.54, 1.807) is 0 Å². The molecule has 5 rings (SSSR count). The predicted molar refractivity (Wildman–Crippen MR) is 134 cm³/mol. The van der Waals surface area contributed by atoms with Gasteiger partial charge in [0.25, 0.3) is 0 Å². The van der Waals surface area contributed by atoms with E-state index in [2.05, 4.69) is 76.6 Å². The fourth-order valence-corrected chi connectivity index (χ4v) is 4.74. The number of rotatable bonds is 6. The molecule has 1 aromatic heterocycles. The molecular weight excluding hydrogens is 424 g/mol. The Morgan fingerprint density at radius 2 is 1.76 bits per heavy atom. The molecule has 2 aliphatic heterocycles. The van der Waals surface area contributed by atoms with Crippen molar-refractivity contribution in [2.24, 2.45) is 5.92 Å². The van der Waals surface area contributed by atoms with Crippen molar-refractivity contribution in [3.63, 3.8) is 0 Å². The lowest BCUT2D eigenvalue weighted by atomic mass is 9.98. The summed E-state index contributed by atoms with van der Waals surface area (Å²) in [5.74, 6) is 2.03. The molecule has 2 aromatic carbocycles. The van der Waals surface area contributed by atoms with Crippen molar-refractivity contribution in [1.82, 2.24) is 15.0 Å². The summed E-state index contributed by atoms with van der Waals surface area (Å²) in [6, 6.07) is 18.8. The van der Waals surface area contributed by atoms with E-state index < -0.39 is 0 Å². The first kappa shape index (κ1) is 22.4. The van der Waals surface area contributed by atoms with Crippen molar-refractivity contribution in [2.75, 3.05) is 31.1 Å². The van der Waals surface area contributed by atoms with Gasteiger partial charge < -0.3 is 14.3 Å². The highest BCUT2D eigenvalue weighted by molar-refractivity contribution is 5.78. The minimum absolute atomic E-state index is 0.128. The van der Waals surface area contributed by atoms with E-state index in [1.807, 2.05) is 11.0 Å². The maximum atomic E-state index is 12.7. The van der Waals surface area contributed by atoms with Crippen molar-refractivity contribution in [3.8, 4) is 11.4 Å². The molecule has 0 unspecified atom stereocenters. The standard InChI is InChI=1S/C28H32N4O2/c1-21-13-17-31(18-14-21)25-9-7-24(8-10-25)28-29-26(34-30-28)11-12-27(33)32-19-15-23(16-20-32)22-5-3-2-4-6-22/h2-10,15,21H,11-14,16-20H2,1H3. The zero-order valence-electron chi connectivity index (χ0n) is 19.8. The highest BCUT2D eigenvalue weighted by Crippen LogP contribution is 2.26. The van der Waals surface area contributed by atoms with Gasteiger partial charge in [-0.05, 0) is 60.6 Å². The topological polar surface area (TPSA) is 62.5 Å². The second-order valence-corrected chi connectivity index (χ2v) is 9.41. The lowest BCUT2D eigenvalue weighted by Gasteiger charge is -2.32. The molecule has 2 aliphatic rings. The molecule has 34 heavy (non-hydrogen) atoms. The van der Waals surface area contributed by atoms with Crippen LogP contribution >= 0.6 is 0 Å². The Labute approximate surface area is 201 Å². The normalized spacial score (nSPS) is 17.0. The Morgan fingerprint density at radius 1 is 1.00 bits per heavy atom. The number of piperidine rings is 1. The number of amides is 1. The quantitative estimate of drug-likeness (QED) is 0.509. The van der Waals surface area contributed by atoms with Gasteiger partial charge in [0, 0.05) is 50.3 Å². The molecule has 1 amide bonds. The number of benzene rings is 2. The van der Waals surface area contributed by atoms with Crippen molar-refractivity contribution in [3.05, 3.63) is 72.1 Å². The molecule has 0 saturated carbocycles. The van der Waals surface area contributed by atoms with Crippen LogP contribution in [-0.4, -0.2) is 47.1 Å². The molecular formula is C28H32N4O2. The van der Waals surface area contributed by atoms with Gasteiger partial charge >= 0.3 is 0 Å². The van der Waals surface area contributed by atoms with Gasteiger partial charge in [-0.25, -0.2) is 0 Å². The van der Waals surface area contributed by atoms with Crippen LogP contribution in [0.2, 0.25) is 0 Å². The van der Waals surface area contributed by atoms with E-state index in [9.17, 15) is 4.79 Å². The van der Waals surface area contributed by atoms with Crippen LogP contribution < -0.4 is 4.90 Å². The minimum Gasteiger partial charge on any atom is -0.372 e. The number of anilines is 1. The zero-order valence-corrected chi connectivity index (χ0v) is 19.8. The zero-order chi connectivity index (χ0) is 23.3. The first-order valence-corrected chi connectivity index (χ1v) is 12.4. The third-order valence-electron chi connectivity index (χ3n) is 7.00. The van der Waals surface area contributed by atoms with E-state index in [1.165, 1.54) is 29.7 Å². The average Bonchev–Trinajstić information content (AvgIpc) is 3.38. The van der Waals surface area contributed by atoms with Crippen molar-refractivity contribution in [1.29, 1.82) is 0 Å². The maximum absolute atomic E-state index is 12.7. The number of carbonyl (C=O) groups is 1. The van der Waals surface area contributed by atoms with E-state index in [-0.39, 0.29) is 5.91 Å². The Balaban J connectivity index is 1.13. The van der Waals surface area contributed by atoms with Gasteiger partial charge in [-0.15, -0.1) is 0 Å². The summed E-state index contributed by atoms with van der Waals surface area (Å²) in [5, 5.41) is 4.14. The van der Waals surface area contributed by atoms with Crippen LogP contribution in [-0.2, 0) is 11.2 Å². The molecule has 0 spiro atoms. The first-order valence-electron chi connectivity index (χ1n) is 12.4. The lowest BCUT2D eigenvalue weighted by Crippen LogP contribution is -2.34. The molecule has 0 aliphatic carbocycles. The molecule has 0 N–H and O–H groups in total. The SMILES string of the molecule is CC1CCN(c2ccc(-c3noc(CCC(=O)N4CC=C(c5ccccc5)CC4)n3)cc2)CC1. The smallest absolute Gasteiger partial charge is 0.227 e. The van der Waals surface area contributed by atoms with Gasteiger partial charge in [0.1, 0.15) is 0 Å². The van der Waals surface area contributed by atoms with Gasteiger partial charge in [0.2, 0.25) is 17.6 Å². The van der Waals surface area contributed by atoms with Crippen LogP contribution in [0.1, 0.15) is 44.1 Å². The third-order valence-corrected chi connectivity index (χ3v) is 7.00. The Hall–Kier alpha value is -3.41. The number of carbonyl (C=O) groups excluding carboxylic acids is 1. The molecule has 6 nitrogen and oxygen atoms in total. The van der Waals surface area contributed by atoms with Crippen LogP contribution in [0.3, 0.4) is 0 Å². The van der Waals surface area contributed by atoms with Crippen LogP contribution in [0.15, 0.2) is 65.2 Å². The summed E-state index contributed by atoms with van der Waals surface area (Å²) >= 11 is 0. The Morgan fingerprint density at radius 3 is 2.47 bits per heavy atom. The molecule has 176 valence electrons. The van der Waals surface area contributed by atoms with Gasteiger partial charge in [0.05, 0.1) is 0 Å². The molecule has 3 heterocycles. The summed E-state index contributed by atoms with van der Waals surface area (Å²) in [6.45, 7) is 5.95. The van der Waals surface area contributed by atoms with E-state index in [0.717, 1.165) is 37.5 Å². The molecule has 1 fully saturated rings. The number of hydrogen-bond acceptors (Lipinski definition) is 5. The average molecular weight is 457 g/mol. The number of aromatic nitrogens is 2. The summed E-state index contributed by atoms with van der Waals surface area (Å²) in [7, 11) is 0. The molecule has 6 heteroatoms. The van der Waals surface area contributed by atoms with E-state index in [4.69, 9.17) is 4.52 Å². The van der Waals surface area contributed by atoms with Gasteiger partial charge in [-0.2, -0.15) is 4.98 Å². The molecule has 0 atom stereocenters. The predicted octanol–water partition coefficient (Wildman–Crippen LogP) is 5.22. The highest BCUT2D eigenvalue weighted by Gasteiger charge is 2.20. The van der Waals surface area contributed by atoms with Gasteiger partial charge in [0.15, 0.2) is 0 Å². The number of aryl methyl sites for hydroxylation is 1. The summed E-state index contributed by atoms with van der Waals surface area (Å²) in [5.41, 5.74) is 4.74. The second kappa shape index (κ2) is 10.2. The van der Waals surface area contributed by atoms with Crippen LogP contribution in [0.4, 0.5) is 5.69 Å². The number of nitrogens with zero attached hydrogens (tertiary/aromatic N) is 4. The largest absolute Gasteiger partial charge is 0.372 e. The highest BCUT2D eigenvalue weighted by atomic mass is 16.5. The first-order chi connectivity index (χ1) is 16.7. The lowest BCUT2D eigenvalue weighted by molar-refractivity contribution is -0.130. The van der Waals surface area contributed by atoms with Crippen molar-refractivity contribution < 1.29 is 9.32 Å². The van der Waals surface area contributed by atoms with Crippen LogP contribution in [0.5, 0.6) is 0 Å². The van der Waals surface area contributed by atoms with Gasteiger partial charge in [-0.1, -0.05) is 48.5 Å². The third kappa shape index (κ3) is 5.22. The van der Waals surface area contributed by atoms with E-state index in [0.29, 0.717) is 31.1 Å². The molecule has 3 aromatic rings. The van der Waals surface area contributed by atoms with E-state index >= 15 is 0 Å². The number of hydrogen-bond donors (Lipinski definition) is 0. The summed E-state index contributed by atoms with van der Waals surface area (Å²) in [6.07, 6.45) is 6.37. The Kier molecular flexibility index (Phi) is 6.74. The fourth-order valence-electron chi connectivity index (χ4n) is 4.74. The second-order valence-electron chi connectivity index (χ2n) is 9.41. The minimum atomic E-state index is 0.128.